The highest BCUT2D eigenvalue weighted by atomic mass is 35.7. The van der Waals surface area contributed by atoms with Crippen molar-refractivity contribution in [3.05, 3.63) is 127 Å². The highest BCUT2D eigenvalue weighted by Crippen LogP contribution is 2.49. The van der Waals surface area contributed by atoms with E-state index in [0.29, 0.717) is 10.3 Å². The molecule has 456 valence electrons. The van der Waals surface area contributed by atoms with Gasteiger partial charge in [0, 0.05) is 59.0 Å². The Morgan fingerprint density at radius 1 is 0.793 bits per heavy atom. The van der Waals surface area contributed by atoms with Gasteiger partial charge in [-0.25, -0.2) is 32.5 Å². The number of carbonyl (C=O) groups excluding carboxylic acids is 2. The fraction of sp³-hybridized carbons (Fsp3) is 0.521. The minimum Gasteiger partial charge on any atom is -0.480 e. The van der Waals surface area contributed by atoms with Crippen molar-refractivity contribution in [2.24, 2.45) is 17.4 Å². The minimum absolute atomic E-state index is 0.0662. The van der Waals surface area contributed by atoms with Crippen LogP contribution in [0.5, 0.6) is 11.5 Å². The third kappa shape index (κ3) is 24.1. The molecule has 1 saturated carbocycles. The van der Waals surface area contributed by atoms with Gasteiger partial charge in [-0.2, -0.15) is 0 Å². The van der Waals surface area contributed by atoms with Gasteiger partial charge in [-0.05, 0) is 92.9 Å². The van der Waals surface area contributed by atoms with Crippen LogP contribution < -0.4 is 48.1 Å². The van der Waals surface area contributed by atoms with E-state index in [1.54, 1.807) is 100 Å². The number of ether oxygens (including phenoxy) is 3. The molecular weight excluding hydrogens is 1180 g/mol. The summed E-state index contributed by atoms with van der Waals surface area (Å²) in [6.07, 6.45) is -6.92. The molecule has 6 rings (SSSR count). The molecule has 34 heteroatoms. The van der Waals surface area contributed by atoms with Crippen molar-refractivity contribution in [1.29, 1.82) is 0 Å². The number of hydrogen-bond donors (Lipinski definition) is 9. The summed E-state index contributed by atoms with van der Waals surface area (Å²) >= 11 is 5.76. The number of carboxylic acids is 1. The number of rotatable bonds is 19. The van der Waals surface area contributed by atoms with Crippen molar-refractivity contribution in [3.63, 3.8) is 0 Å². The Balaban J connectivity index is 0.000000409. The van der Waals surface area contributed by atoms with Crippen LogP contribution >= 0.6 is 34.6 Å². The van der Waals surface area contributed by atoms with E-state index in [9.17, 15) is 57.5 Å². The molecule has 14 atom stereocenters. The molecule has 2 aliphatic rings. The minimum atomic E-state index is -3.65. The van der Waals surface area contributed by atoms with Crippen molar-refractivity contribution in [2.45, 2.75) is 141 Å². The fourth-order valence-corrected chi connectivity index (χ4v) is 9.16. The number of esters is 2. The Labute approximate surface area is 483 Å². The third-order valence-corrected chi connectivity index (χ3v) is 13.2. The summed E-state index contributed by atoms with van der Waals surface area (Å²) in [6, 6.07) is 14.7. The molecule has 3 unspecified atom stereocenters. The first-order chi connectivity index (χ1) is 40.5. The Kier molecular flexibility index (Phi) is 25.3. The first-order valence-electron chi connectivity index (χ1n) is 27.1. The van der Waals surface area contributed by atoms with Crippen LogP contribution in [0.15, 0.2) is 104 Å². The van der Waals surface area contributed by atoms with Crippen LogP contribution in [-0.2, 0) is 51.3 Å². The van der Waals surface area contributed by atoms with Crippen LogP contribution in [-0.4, -0.2) is 130 Å². The molecule has 3 heterocycles. The summed E-state index contributed by atoms with van der Waals surface area (Å²) in [4.78, 5) is 90.3. The summed E-state index contributed by atoms with van der Waals surface area (Å²) in [5.74, 6) is -2.31. The Morgan fingerprint density at radius 2 is 1.28 bits per heavy atom. The quantitative estimate of drug-likeness (QED) is 0.0361. The van der Waals surface area contributed by atoms with E-state index in [2.05, 4.69) is 9.61 Å². The number of aliphatic hydroxyl groups is 2. The number of aromatic nitrogens is 4. The number of alkyl halides is 2. The maximum absolute atomic E-state index is 15.7. The first-order valence-corrected chi connectivity index (χ1v) is 28.9. The van der Waals surface area contributed by atoms with E-state index < -0.39 is 151 Å². The van der Waals surface area contributed by atoms with Crippen LogP contribution in [0, 0.1) is 5.92 Å². The first kappa shape index (κ1) is 62.1. The Bertz CT molecular complexity index is 3250. The standard InChI is InChI=1S/C17H18FN2O6P.C12H17ClNO4P.C10H12FN2O7P.C6H13NO2.C3H7NO2/c1-17(18)13(20-8-7-14(21)19-16(20)23)9-11(15(17)22)10-25-27(24)26-12-5-3-2-4-6-12;1-9(2)17-12(15)10(3)14-19(13,16)18-11-7-5-4-6-8-11;1-10(11)7(15)5(4-19-21(17)18)20-8(10)13-3-2-6(14)12-9(13)16;1-4(2)9-6(8)5(3)7;1-2(4)3(5)6/h2-8,11,13,15,22H,9-10H2,1H3;4-10H,1-3H3,(H,14,16);2-3,5,7-8,15H,4H2,1H3,(H-,12,14,16,17,18);4-5H,7H2,1-3H3;2H,4H2,1H3,(H,5,6)/p+2/t11-,13-,15-,17+;10-,19?;5-,7-,8-,10-;5-;2-/m10100/s1/i1+1D3;;1+1D3;;. The lowest BCUT2D eigenvalue weighted by atomic mass is 10.0. The lowest BCUT2D eigenvalue weighted by molar-refractivity contribution is -0.149. The summed E-state index contributed by atoms with van der Waals surface area (Å²) in [5.41, 5.74) is -0.275. The molecule has 1 aliphatic heterocycles. The number of nitrogens with one attached hydrogen (secondary N) is 3. The SMILES string of the molecule is CC(C)OC(=O)[C@H](C)N.CC(C)OC(=O)[C@H](C)NP(=O)(Cl)Oc1ccccc1.C[C@H](N)C(=O)O.[2H][13C]([2H])([2H])[C@@]1(F)[C@H](O)[C@@H](CO[P+](=O)O)O[C@H]1n1ccc(=O)[nH]c1=O.[2H][13C]([2H])([2H])[C@@]1(F)[C@H](O)[C@@H](CO[P+](=O)Oc2ccccc2)C[C@H]1n1ccc(=O)[nH]c1=O. The molecule has 1 aliphatic carbocycles. The molecule has 4 aromatic rings. The number of hydrogen-bond acceptors (Lipinski definition) is 21. The maximum atomic E-state index is 15.7. The Morgan fingerprint density at radius 3 is 1.72 bits per heavy atom. The van der Waals surface area contributed by atoms with Gasteiger partial charge in [0.05, 0.1) is 24.4 Å². The van der Waals surface area contributed by atoms with Gasteiger partial charge >= 0.3 is 52.7 Å². The molecule has 0 amide bonds. The van der Waals surface area contributed by atoms with Crippen LogP contribution in [0.25, 0.3) is 0 Å². The summed E-state index contributed by atoms with van der Waals surface area (Å²) in [6.45, 7) is -0.0411. The number of H-pyrrole nitrogens is 2. The molecule has 0 bridgehead atoms. The molecule has 1 saturated heterocycles. The lowest BCUT2D eigenvalue weighted by Crippen LogP contribution is -2.43. The lowest BCUT2D eigenvalue weighted by Gasteiger charge is -2.27. The predicted molar refractivity (Wildman–Crippen MR) is 292 cm³/mol. The number of carboxylic acid groups (broad SMARTS) is 1. The van der Waals surface area contributed by atoms with E-state index in [1.807, 2.05) is 4.98 Å². The number of aromatic amines is 2. The van der Waals surface area contributed by atoms with Gasteiger partial charge in [-0.1, -0.05) is 36.4 Å². The monoisotopic (exact) mass is 1250 g/mol. The Hall–Kier alpha value is -5.97. The molecule has 82 heavy (non-hydrogen) atoms. The van der Waals surface area contributed by atoms with Gasteiger partial charge in [-0.15, -0.1) is 13.9 Å². The molecule has 2 aromatic heterocycles. The zero-order valence-electron chi connectivity index (χ0n) is 50.8. The second-order valence-corrected chi connectivity index (χ2v) is 22.4. The van der Waals surface area contributed by atoms with E-state index >= 15 is 8.78 Å². The highest BCUT2D eigenvalue weighted by Gasteiger charge is 2.56. The largest absolute Gasteiger partial charge is 0.750 e. The highest BCUT2D eigenvalue weighted by molar-refractivity contribution is 7.84. The van der Waals surface area contributed by atoms with Crippen molar-refractivity contribution >= 4 is 52.5 Å². The third-order valence-electron chi connectivity index (χ3n) is 10.4. The molecular formula is C48H69ClF2N7O21P3+2. The molecule has 28 nitrogen and oxygen atoms in total. The second-order valence-electron chi connectivity index (χ2n) is 18.1. The van der Waals surface area contributed by atoms with Gasteiger partial charge in [0.25, 0.3) is 11.1 Å². The number of benzene rings is 2. The van der Waals surface area contributed by atoms with E-state index in [-0.39, 0.29) is 30.3 Å². The number of aliphatic carboxylic acids is 1. The number of carbonyl (C=O) groups is 3. The fourth-order valence-electron chi connectivity index (χ4n) is 6.53. The average molecular weight is 1250 g/mol. The summed E-state index contributed by atoms with van der Waals surface area (Å²) in [7, 11) is -5.76. The van der Waals surface area contributed by atoms with E-state index in [4.69, 9.17) is 68.7 Å². The molecule has 11 N–H and O–H groups in total. The smallest absolute Gasteiger partial charge is 0.480 e. The molecule has 0 spiro atoms. The van der Waals surface area contributed by atoms with E-state index in [1.165, 1.54) is 13.8 Å². The average Bonchev–Trinajstić information content (AvgIpc) is 1.75. The van der Waals surface area contributed by atoms with Crippen LogP contribution in [0.4, 0.5) is 8.78 Å². The zero-order chi connectivity index (χ0) is 67.4. The van der Waals surface area contributed by atoms with Gasteiger partial charge in [-0.3, -0.25) is 43.1 Å². The number of nitrogens with zero attached hydrogens (tertiary/aromatic N) is 2. The number of aliphatic hydroxyl groups excluding tert-OH is 2. The zero-order valence-corrected chi connectivity index (χ0v) is 48.2. The van der Waals surface area contributed by atoms with Crippen molar-refractivity contribution < 1.29 is 97.6 Å². The molecule has 2 aromatic carbocycles. The normalized spacial score (nSPS) is 25.2. The maximum Gasteiger partial charge on any atom is 0.750 e. The summed E-state index contributed by atoms with van der Waals surface area (Å²) < 4.78 is 146. The van der Waals surface area contributed by atoms with Gasteiger partial charge in [0.2, 0.25) is 0 Å². The molecule has 2 fully saturated rings. The number of nitrogens with two attached hydrogens (primary N) is 2. The number of halogens is 3. The van der Waals surface area contributed by atoms with Gasteiger partial charge < -0.3 is 45.5 Å². The van der Waals surface area contributed by atoms with E-state index in [0.717, 1.165) is 29.1 Å². The predicted octanol–water partition coefficient (Wildman–Crippen LogP) is 4.17. The van der Waals surface area contributed by atoms with Crippen molar-refractivity contribution in [2.75, 3.05) is 13.2 Å². The van der Waals surface area contributed by atoms with Crippen molar-refractivity contribution in [3.8, 4) is 11.5 Å². The number of para-hydroxylation sites is 2. The van der Waals surface area contributed by atoms with Gasteiger partial charge in [0.1, 0.15) is 49.3 Å². The van der Waals surface area contributed by atoms with Crippen molar-refractivity contribution in [1.82, 2.24) is 24.2 Å². The second kappa shape index (κ2) is 33.4. The molecule has 0 radical (unpaired) electrons. The van der Waals surface area contributed by atoms with Gasteiger partial charge in [0.15, 0.2) is 23.3 Å². The summed E-state index contributed by atoms with van der Waals surface area (Å²) in [5, 5.41) is 30.8. The topological polar surface area (TPSA) is 422 Å². The van der Waals surface area contributed by atoms with Crippen LogP contribution in [0.2, 0.25) is 0 Å². The van der Waals surface area contributed by atoms with Crippen LogP contribution in [0.1, 0.15) is 89.1 Å². The van der Waals surface area contributed by atoms with Crippen LogP contribution in [0.3, 0.4) is 0 Å².